The van der Waals surface area contributed by atoms with Gasteiger partial charge in [-0.15, -0.1) is 0 Å². The number of nitrogens with zero attached hydrogens (tertiary/aromatic N) is 1. The topological polar surface area (TPSA) is 54.0 Å². The van der Waals surface area contributed by atoms with Crippen LogP contribution in [0.3, 0.4) is 0 Å². The van der Waals surface area contributed by atoms with E-state index in [9.17, 15) is 4.79 Å². The quantitative estimate of drug-likeness (QED) is 0.905. The summed E-state index contributed by atoms with van der Waals surface area (Å²) in [6.45, 7) is 5.83. The van der Waals surface area contributed by atoms with E-state index >= 15 is 0 Å². The molecule has 0 fully saturated rings. The molecule has 110 valence electrons. The molecule has 0 aliphatic heterocycles. The highest BCUT2D eigenvalue weighted by atomic mass is 16.1. The Hall–Kier alpha value is -2.20. The molecule has 0 radical (unpaired) electrons. The number of amides is 1. The standard InChI is InChI=1S/C17H21N3O/c1-11-9-10-15(13(3)19-11)17(21)20-16-8-6-5-7-14(16)12(2)18-4/h5-10,12,18H,1-4H3,(H,20,21). The highest BCUT2D eigenvalue weighted by molar-refractivity contribution is 6.05. The average molecular weight is 283 g/mol. The van der Waals surface area contributed by atoms with Crippen LogP contribution < -0.4 is 10.6 Å². The number of para-hydroxylation sites is 1. The summed E-state index contributed by atoms with van der Waals surface area (Å²) in [4.78, 5) is 16.8. The van der Waals surface area contributed by atoms with E-state index in [0.717, 1.165) is 22.6 Å². The van der Waals surface area contributed by atoms with Crippen LogP contribution in [0.1, 0.15) is 40.3 Å². The summed E-state index contributed by atoms with van der Waals surface area (Å²) < 4.78 is 0. The average Bonchev–Trinajstić information content (AvgIpc) is 2.46. The molecule has 1 atom stereocenters. The minimum Gasteiger partial charge on any atom is -0.322 e. The van der Waals surface area contributed by atoms with Gasteiger partial charge in [0.25, 0.3) is 5.91 Å². The summed E-state index contributed by atoms with van der Waals surface area (Å²) in [6.07, 6.45) is 0. The Bertz CT molecular complexity index is 652. The van der Waals surface area contributed by atoms with Crippen molar-refractivity contribution in [3.63, 3.8) is 0 Å². The van der Waals surface area contributed by atoms with Gasteiger partial charge in [-0.3, -0.25) is 9.78 Å². The molecule has 1 heterocycles. The summed E-state index contributed by atoms with van der Waals surface area (Å²) in [5.41, 5.74) is 4.14. The van der Waals surface area contributed by atoms with Crippen LogP contribution in [0.25, 0.3) is 0 Å². The third kappa shape index (κ3) is 3.47. The molecule has 2 N–H and O–H groups in total. The van der Waals surface area contributed by atoms with Crippen molar-refractivity contribution in [1.29, 1.82) is 0 Å². The van der Waals surface area contributed by atoms with Crippen molar-refractivity contribution in [2.24, 2.45) is 0 Å². The summed E-state index contributed by atoms with van der Waals surface area (Å²) in [6, 6.07) is 11.6. The van der Waals surface area contributed by atoms with Gasteiger partial charge in [0, 0.05) is 17.4 Å². The predicted octanol–water partition coefficient (Wildman–Crippen LogP) is 3.23. The minimum absolute atomic E-state index is 0.129. The molecule has 4 heteroatoms. The third-order valence-corrected chi connectivity index (χ3v) is 3.58. The van der Waals surface area contributed by atoms with E-state index in [-0.39, 0.29) is 11.9 Å². The Labute approximate surface area is 125 Å². The van der Waals surface area contributed by atoms with Crippen LogP contribution in [-0.4, -0.2) is 17.9 Å². The van der Waals surface area contributed by atoms with Crippen molar-refractivity contribution >= 4 is 11.6 Å². The lowest BCUT2D eigenvalue weighted by atomic mass is 10.1. The molecule has 2 aromatic rings. The number of pyridine rings is 1. The number of hydrogen-bond acceptors (Lipinski definition) is 3. The summed E-state index contributed by atoms with van der Waals surface area (Å²) in [5.74, 6) is -0.129. The largest absolute Gasteiger partial charge is 0.322 e. The molecule has 0 bridgehead atoms. The lowest BCUT2D eigenvalue weighted by Crippen LogP contribution is -2.19. The molecule has 0 aliphatic rings. The Morgan fingerprint density at radius 1 is 1.14 bits per heavy atom. The van der Waals surface area contributed by atoms with Crippen LogP contribution in [0.4, 0.5) is 5.69 Å². The second-order valence-electron chi connectivity index (χ2n) is 5.14. The van der Waals surface area contributed by atoms with Gasteiger partial charge in [0.15, 0.2) is 0 Å². The monoisotopic (exact) mass is 283 g/mol. The number of carbonyl (C=O) groups excluding carboxylic acids is 1. The molecule has 0 saturated heterocycles. The first-order chi connectivity index (χ1) is 10.0. The van der Waals surface area contributed by atoms with Crippen molar-refractivity contribution in [1.82, 2.24) is 10.3 Å². The molecule has 0 aliphatic carbocycles. The van der Waals surface area contributed by atoms with Gasteiger partial charge in [-0.05, 0) is 51.6 Å². The van der Waals surface area contributed by atoms with Crippen molar-refractivity contribution in [3.05, 3.63) is 58.9 Å². The van der Waals surface area contributed by atoms with Gasteiger partial charge in [-0.2, -0.15) is 0 Å². The number of carbonyl (C=O) groups is 1. The molecule has 21 heavy (non-hydrogen) atoms. The molecule has 1 amide bonds. The van der Waals surface area contributed by atoms with Crippen molar-refractivity contribution in [2.75, 3.05) is 12.4 Å². The normalized spacial score (nSPS) is 12.0. The Morgan fingerprint density at radius 2 is 1.86 bits per heavy atom. The number of nitrogens with one attached hydrogen (secondary N) is 2. The zero-order chi connectivity index (χ0) is 15.4. The summed E-state index contributed by atoms with van der Waals surface area (Å²) in [5, 5.41) is 6.17. The number of rotatable bonds is 4. The van der Waals surface area contributed by atoms with E-state index in [1.54, 1.807) is 0 Å². The fraction of sp³-hybridized carbons (Fsp3) is 0.294. The maximum Gasteiger partial charge on any atom is 0.257 e. The van der Waals surface area contributed by atoms with Gasteiger partial charge in [-0.25, -0.2) is 0 Å². The van der Waals surface area contributed by atoms with E-state index in [2.05, 4.69) is 22.5 Å². The Kier molecular flexibility index (Phi) is 4.70. The van der Waals surface area contributed by atoms with Crippen LogP contribution in [0, 0.1) is 13.8 Å². The molecular formula is C17H21N3O. The zero-order valence-corrected chi connectivity index (χ0v) is 12.9. The summed E-state index contributed by atoms with van der Waals surface area (Å²) >= 11 is 0. The van der Waals surface area contributed by atoms with Crippen LogP contribution in [0.15, 0.2) is 36.4 Å². The molecule has 0 spiro atoms. The van der Waals surface area contributed by atoms with Crippen molar-refractivity contribution in [2.45, 2.75) is 26.8 Å². The Morgan fingerprint density at radius 3 is 2.52 bits per heavy atom. The molecule has 1 unspecified atom stereocenters. The van der Waals surface area contributed by atoms with Crippen LogP contribution in [0.5, 0.6) is 0 Å². The van der Waals surface area contributed by atoms with E-state index in [0.29, 0.717) is 5.56 Å². The van der Waals surface area contributed by atoms with E-state index < -0.39 is 0 Å². The number of aryl methyl sites for hydroxylation is 2. The highest BCUT2D eigenvalue weighted by Gasteiger charge is 2.14. The number of hydrogen-bond donors (Lipinski definition) is 2. The van der Waals surface area contributed by atoms with Gasteiger partial charge in [-0.1, -0.05) is 18.2 Å². The first-order valence-corrected chi connectivity index (χ1v) is 7.04. The second-order valence-corrected chi connectivity index (χ2v) is 5.14. The lowest BCUT2D eigenvalue weighted by molar-refractivity contribution is 0.102. The van der Waals surface area contributed by atoms with Gasteiger partial charge >= 0.3 is 0 Å². The molecule has 1 aromatic carbocycles. The smallest absolute Gasteiger partial charge is 0.257 e. The molecule has 1 aromatic heterocycles. The van der Waals surface area contributed by atoms with Crippen LogP contribution in [-0.2, 0) is 0 Å². The molecule has 2 rings (SSSR count). The Balaban J connectivity index is 2.28. The van der Waals surface area contributed by atoms with Crippen LogP contribution in [0.2, 0.25) is 0 Å². The summed E-state index contributed by atoms with van der Waals surface area (Å²) in [7, 11) is 1.90. The van der Waals surface area contributed by atoms with Gasteiger partial charge in [0.1, 0.15) is 0 Å². The van der Waals surface area contributed by atoms with Gasteiger partial charge in [0.2, 0.25) is 0 Å². The van der Waals surface area contributed by atoms with E-state index in [4.69, 9.17) is 0 Å². The number of aromatic nitrogens is 1. The fourth-order valence-electron chi connectivity index (χ4n) is 2.26. The molecular weight excluding hydrogens is 262 g/mol. The number of anilines is 1. The first kappa shape index (κ1) is 15.2. The maximum atomic E-state index is 12.4. The van der Waals surface area contributed by atoms with Crippen molar-refractivity contribution < 1.29 is 4.79 Å². The highest BCUT2D eigenvalue weighted by Crippen LogP contribution is 2.23. The lowest BCUT2D eigenvalue weighted by Gasteiger charge is -2.16. The third-order valence-electron chi connectivity index (χ3n) is 3.58. The van der Waals surface area contributed by atoms with E-state index in [1.165, 1.54) is 0 Å². The number of benzene rings is 1. The second kappa shape index (κ2) is 6.50. The molecule has 0 saturated carbocycles. The SMILES string of the molecule is CNC(C)c1ccccc1NC(=O)c1ccc(C)nc1C. The minimum atomic E-state index is -0.129. The fourth-order valence-corrected chi connectivity index (χ4v) is 2.26. The van der Waals surface area contributed by atoms with E-state index in [1.807, 2.05) is 57.3 Å². The van der Waals surface area contributed by atoms with Crippen LogP contribution >= 0.6 is 0 Å². The van der Waals surface area contributed by atoms with Gasteiger partial charge in [0.05, 0.1) is 11.3 Å². The zero-order valence-electron chi connectivity index (χ0n) is 12.9. The predicted molar refractivity (Wildman–Crippen MR) is 85.6 cm³/mol. The van der Waals surface area contributed by atoms with Gasteiger partial charge < -0.3 is 10.6 Å². The molecule has 4 nitrogen and oxygen atoms in total. The van der Waals surface area contributed by atoms with Crippen molar-refractivity contribution in [3.8, 4) is 0 Å². The first-order valence-electron chi connectivity index (χ1n) is 7.04. The maximum absolute atomic E-state index is 12.4.